The monoisotopic (exact) mass is 633 g/mol. The molecule has 0 amide bonds. The van der Waals surface area contributed by atoms with E-state index in [0.717, 1.165) is 0 Å². The summed E-state index contributed by atoms with van der Waals surface area (Å²) in [6.45, 7) is 0. The lowest BCUT2D eigenvalue weighted by atomic mass is 9.70. The van der Waals surface area contributed by atoms with Gasteiger partial charge in [-0.05, 0) is 103 Å². The highest BCUT2D eigenvalue weighted by molar-refractivity contribution is 6.09. The van der Waals surface area contributed by atoms with E-state index in [1.54, 1.807) is 0 Å². The van der Waals surface area contributed by atoms with Gasteiger partial charge in [0, 0.05) is 16.5 Å². The third kappa shape index (κ3) is 3.61. The second kappa shape index (κ2) is 10.3. The molecule has 1 heteroatoms. The van der Waals surface area contributed by atoms with Gasteiger partial charge in [-0.3, -0.25) is 0 Å². The van der Waals surface area contributed by atoms with E-state index in [0.29, 0.717) is 0 Å². The molecule has 2 aliphatic carbocycles. The van der Waals surface area contributed by atoms with Crippen molar-refractivity contribution in [3.8, 4) is 50.2 Å². The highest BCUT2D eigenvalue weighted by Crippen LogP contribution is 2.63. The Morgan fingerprint density at radius 1 is 0.300 bits per heavy atom. The SMILES string of the molecule is c1ccc(-c2ccc3c(c2)C2(c4ccccc4-c4ccccc42)c2cc(-c4ccc(-n5c6ccccc6c6ccccc65)cc4)ccc2-3)cc1. The molecular weight excluding hydrogens is 603 g/mol. The average molecular weight is 634 g/mol. The molecule has 232 valence electrons. The van der Waals surface area contributed by atoms with Crippen LogP contribution in [0.4, 0.5) is 0 Å². The van der Waals surface area contributed by atoms with Crippen LogP contribution in [0.25, 0.3) is 72.0 Å². The highest BCUT2D eigenvalue weighted by atomic mass is 15.0. The lowest BCUT2D eigenvalue weighted by Gasteiger charge is -2.31. The predicted molar refractivity (Wildman–Crippen MR) is 208 cm³/mol. The van der Waals surface area contributed by atoms with Crippen molar-refractivity contribution in [3.05, 3.63) is 210 Å². The number of hydrogen-bond donors (Lipinski definition) is 0. The first-order valence-electron chi connectivity index (χ1n) is 17.4. The molecule has 0 atom stereocenters. The number of fused-ring (bicyclic) bond motifs is 13. The molecule has 0 saturated carbocycles. The minimum atomic E-state index is -0.401. The van der Waals surface area contributed by atoms with Crippen molar-refractivity contribution >= 4 is 21.8 Å². The van der Waals surface area contributed by atoms with Crippen molar-refractivity contribution in [1.29, 1.82) is 0 Å². The van der Waals surface area contributed by atoms with Crippen LogP contribution in [0.5, 0.6) is 0 Å². The van der Waals surface area contributed by atoms with Crippen LogP contribution in [-0.2, 0) is 5.41 Å². The minimum Gasteiger partial charge on any atom is -0.309 e. The molecule has 1 aromatic heterocycles. The number of rotatable bonds is 3. The predicted octanol–water partition coefficient (Wildman–Crippen LogP) is 12.5. The van der Waals surface area contributed by atoms with E-state index in [9.17, 15) is 0 Å². The van der Waals surface area contributed by atoms with E-state index < -0.39 is 5.41 Å². The van der Waals surface area contributed by atoms with Crippen molar-refractivity contribution in [2.45, 2.75) is 5.41 Å². The molecule has 11 rings (SSSR count). The first-order valence-corrected chi connectivity index (χ1v) is 17.4. The molecule has 0 N–H and O–H groups in total. The van der Waals surface area contributed by atoms with Crippen molar-refractivity contribution in [2.24, 2.45) is 0 Å². The standard InChI is InChI=1S/C49H31N/c1-2-12-32(13-3-1)34-24-28-39-40-29-25-35(31-46(40)49(45(39)30-34)43-18-8-4-14-37(43)38-15-5-9-19-44(38)49)33-22-26-36(27-23-33)50-47-20-10-6-16-41(47)42-17-7-11-21-48(42)50/h1-31H. The molecule has 0 saturated heterocycles. The fourth-order valence-electron chi connectivity index (χ4n) is 9.13. The van der Waals surface area contributed by atoms with Crippen LogP contribution in [0.2, 0.25) is 0 Å². The van der Waals surface area contributed by atoms with Crippen molar-refractivity contribution < 1.29 is 0 Å². The Balaban J connectivity index is 1.11. The largest absolute Gasteiger partial charge is 0.309 e. The van der Waals surface area contributed by atoms with Crippen LogP contribution in [0, 0.1) is 0 Å². The highest BCUT2D eigenvalue weighted by Gasteiger charge is 2.51. The molecule has 9 aromatic rings. The van der Waals surface area contributed by atoms with Crippen molar-refractivity contribution in [3.63, 3.8) is 0 Å². The summed E-state index contributed by atoms with van der Waals surface area (Å²) in [5.74, 6) is 0. The zero-order valence-electron chi connectivity index (χ0n) is 27.3. The van der Waals surface area contributed by atoms with Gasteiger partial charge in [-0.25, -0.2) is 0 Å². The Morgan fingerprint density at radius 2 is 0.720 bits per heavy atom. The zero-order chi connectivity index (χ0) is 32.8. The van der Waals surface area contributed by atoms with E-state index in [-0.39, 0.29) is 0 Å². The molecule has 0 radical (unpaired) electrons. The lowest BCUT2D eigenvalue weighted by molar-refractivity contribution is 0.794. The van der Waals surface area contributed by atoms with E-state index in [1.807, 2.05) is 0 Å². The number of nitrogens with zero attached hydrogens (tertiary/aromatic N) is 1. The van der Waals surface area contributed by atoms with Crippen LogP contribution in [0.1, 0.15) is 22.3 Å². The Kier molecular flexibility index (Phi) is 5.66. The first kappa shape index (κ1) is 27.5. The molecule has 1 heterocycles. The molecule has 0 aliphatic heterocycles. The van der Waals surface area contributed by atoms with Crippen LogP contribution in [0.15, 0.2) is 188 Å². The maximum atomic E-state index is 2.48. The Bertz CT molecular complexity index is 2700. The Labute approximate surface area is 291 Å². The summed E-state index contributed by atoms with van der Waals surface area (Å²) in [6.07, 6.45) is 0. The van der Waals surface area contributed by atoms with Gasteiger partial charge in [0.25, 0.3) is 0 Å². The summed E-state index contributed by atoms with van der Waals surface area (Å²) in [6, 6.07) is 69.7. The van der Waals surface area contributed by atoms with Crippen LogP contribution >= 0.6 is 0 Å². The van der Waals surface area contributed by atoms with Crippen molar-refractivity contribution in [2.75, 3.05) is 0 Å². The Morgan fingerprint density at radius 3 is 1.28 bits per heavy atom. The molecule has 50 heavy (non-hydrogen) atoms. The van der Waals surface area contributed by atoms with Gasteiger partial charge in [-0.1, -0.05) is 152 Å². The average Bonchev–Trinajstić information content (AvgIpc) is 3.80. The van der Waals surface area contributed by atoms with Gasteiger partial charge in [-0.2, -0.15) is 0 Å². The van der Waals surface area contributed by atoms with Gasteiger partial charge in [0.1, 0.15) is 0 Å². The second-order valence-electron chi connectivity index (χ2n) is 13.6. The molecule has 8 aromatic carbocycles. The summed E-state index contributed by atoms with van der Waals surface area (Å²) < 4.78 is 2.39. The minimum absolute atomic E-state index is 0.401. The first-order chi connectivity index (χ1) is 24.8. The summed E-state index contributed by atoms with van der Waals surface area (Å²) in [5.41, 5.74) is 18.9. The molecular formula is C49H31N. The third-order valence-corrected chi connectivity index (χ3v) is 11.2. The van der Waals surface area contributed by atoms with Crippen LogP contribution < -0.4 is 0 Å². The quantitative estimate of drug-likeness (QED) is 0.182. The second-order valence-corrected chi connectivity index (χ2v) is 13.6. The van der Waals surface area contributed by atoms with Crippen molar-refractivity contribution in [1.82, 2.24) is 4.57 Å². The van der Waals surface area contributed by atoms with Gasteiger partial charge < -0.3 is 4.57 Å². The van der Waals surface area contributed by atoms with Gasteiger partial charge in [0.05, 0.1) is 16.4 Å². The van der Waals surface area contributed by atoms with Gasteiger partial charge in [0.15, 0.2) is 0 Å². The maximum Gasteiger partial charge on any atom is 0.0725 e. The smallest absolute Gasteiger partial charge is 0.0725 e. The fourth-order valence-corrected chi connectivity index (χ4v) is 9.13. The number of para-hydroxylation sites is 2. The van der Waals surface area contributed by atoms with E-state index in [4.69, 9.17) is 0 Å². The fraction of sp³-hybridized carbons (Fsp3) is 0.0204. The lowest BCUT2D eigenvalue weighted by Crippen LogP contribution is -2.26. The normalized spacial score (nSPS) is 13.4. The molecule has 0 bridgehead atoms. The molecule has 0 unspecified atom stereocenters. The topological polar surface area (TPSA) is 4.93 Å². The van der Waals surface area contributed by atoms with Crippen LogP contribution in [-0.4, -0.2) is 4.57 Å². The van der Waals surface area contributed by atoms with Gasteiger partial charge in [-0.15, -0.1) is 0 Å². The molecule has 0 fully saturated rings. The maximum absolute atomic E-state index is 2.48. The summed E-state index contributed by atoms with van der Waals surface area (Å²) in [5, 5.41) is 2.56. The summed E-state index contributed by atoms with van der Waals surface area (Å²) in [7, 11) is 0. The van der Waals surface area contributed by atoms with Crippen LogP contribution in [0.3, 0.4) is 0 Å². The zero-order valence-corrected chi connectivity index (χ0v) is 27.3. The third-order valence-electron chi connectivity index (χ3n) is 11.2. The molecule has 2 aliphatic rings. The number of aromatic nitrogens is 1. The molecule has 1 nitrogen and oxygen atoms in total. The van der Waals surface area contributed by atoms with Gasteiger partial charge in [0.2, 0.25) is 0 Å². The number of hydrogen-bond acceptors (Lipinski definition) is 0. The van der Waals surface area contributed by atoms with E-state index in [2.05, 4.69) is 193 Å². The van der Waals surface area contributed by atoms with E-state index in [1.165, 1.54) is 94.3 Å². The van der Waals surface area contributed by atoms with Gasteiger partial charge >= 0.3 is 0 Å². The Hall–Kier alpha value is -6.44. The summed E-state index contributed by atoms with van der Waals surface area (Å²) in [4.78, 5) is 0. The van der Waals surface area contributed by atoms with E-state index >= 15 is 0 Å². The molecule has 1 spiro atoms. The summed E-state index contributed by atoms with van der Waals surface area (Å²) >= 11 is 0. The number of benzene rings is 8.